The van der Waals surface area contributed by atoms with E-state index in [2.05, 4.69) is 19.2 Å². The van der Waals surface area contributed by atoms with Crippen LogP contribution in [0.4, 0.5) is 11.4 Å². The molecule has 128 valence electrons. The summed E-state index contributed by atoms with van der Waals surface area (Å²) < 4.78 is 33.0. The molecule has 0 aromatic heterocycles. The lowest BCUT2D eigenvalue weighted by atomic mass is 10.2. The number of hydrogen-bond donors (Lipinski definition) is 1. The van der Waals surface area contributed by atoms with Gasteiger partial charge in [0.05, 0.1) is 29.4 Å². The van der Waals surface area contributed by atoms with E-state index in [0.717, 1.165) is 5.69 Å². The van der Waals surface area contributed by atoms with Crippen molar-refractivity contribution in [3.05, 3.63) is 48.5 Å². The summed E-state index contributed by atoms with van der Waals surface area (Å²) in [5.41, 5.74) is 1.52. The van der Waals surface area contributed by atoms with Crippen LogP contribution >= 0.6 is 0 Å². The SMILES string of the molecule is CC(C)COc1ccc(S(=O)(=O)N2CCNc3ccccc32)cc1. The van der Waals surface area contributed by atoms with Crippen LogP contribution in [0.15, 0.2) is 53.4 Å². The summed E-state index contributed by atoms with van der Waals surface area (Å²) in [6, 6.07) is 14.1. The summed E-state index contributed by atoms with van der Waals surface area (Å²) in [6.45, 7) is 5.75. The van der Waals surface area contributed by atoms with Gasteiger partial charge in [0.1, 0.15) is 5.75 Å². The van der Waals surface area contributed by atoms with E-state index in [1.165, 1.54) is 4.31 Å². The fourth-order valence-electron chi connectivity index (χ4n) is 2.60. The maximum atomic E-state index is 13.0. The van der Waals surface area contributed by atoms with Crippen molar-refractivity contribution in [3.63, 3.8) is 0 Å². The monoisotopic (exact) mass is 346 g/mol. The largest absolute Gasteiger partial charge is 0.493 e. The van der Waals surface area contributed by atoms with Gasteiger partial charge in [-0.1, -0.05) is 26.0 Å². The van der Waals surface area contributed by atoms with Crippen LogP contribution in [0, 0.1) is 5.92 Å². The molecule has 24 heavy (non-hydrogen) atoms. The van der Waals surface area contributed by atoms with E-state index in [4.69, 9.17) is 4.74 Å². The number of sulfonamides is 1. The highest BCUT2D eigenvalue weighted by atomic mass is 32.2. The van der Waals surface area contributed by atoms with Gasteiger partial charge in [0.25, 0.3) is 10.0 Å². The van der Waals surface area contributed by atoms with Crippen LogP contribution in [-0.4, -0.2) is 28.1 Å². The second-order valence-corrected chi connectivity index (χ2v) is 8.06. The summed E-state index contributed by atoms with van der Waals surface area (Å²) in [7, 11) is -3.59. The minimum Gasteiger partial charge on any atom is -0.493 e. The first-order valence-corrected chi connectivity index (χ1v) is 9.51. The predicted molar refractivity (Wildman–Crippen MR) is 96.2 cm³/mol. The second-order valence-electron chi connectivity index (χ2n) is 6.20. The highest BCUT2D eigenvalue weighted by Crippen LogP contribution is 2.33. The molecule has 0 radical (unpaired) electrons. The molecule has 1 aliphatic rings. The van der Waals surface area contributed by atoms with E-state index >= 15 is 0 Å². The van der Waals surface area contributed by atoms with Crippen molar-refractivity contribution < 1.29 is 13.2 Å². The first kappa shape index (κ1) is 16.6. The Hall–Kier alpha value is -2.21. The zero-order valence-corrected chi connectivity index (χ0v) is 14.7. The molecule has 1 N–H and O–H groups in total. The lowest BCUT2D eigenvalue weighted by Crippen LogP contribution is -2.38. The summed E-state index contributed by atoms with van der Waals surface area (Å²) in [6.07, 6.45) is 0. The van der Waals surface area contributed by atoms with E-state index in [1.807, 2.05) is 24.3 Å². The van der Waals surface area contributed by atoms with Gasteiger partial charge >= 0.3 is 0 Å². The fourth-order valence-corrected chi connectivity index (χ4v) is 4.09. The first-order valence-electron chi connectivity index (χ1n) is 8.07. The minimum absolute atomic E-state index is 0.274. The molecule has 0 unspecified atom stereocenters. The molecule has 0 bridgehead atoms. The summed E-state index contributed by atoms with van der Waals surface area (Å²) in [5.74, 6) is 1.11. The minimum atomic E-state index is -3.59. The average Bonchev–Trinajstić information content (AvgIpc) is 2.59. The quantitative estimate of drug-likeness (QED) is 0.902. The maximum absolute atomic E-state index is 13.0. The standard InChI is InChI=1S/C18H22N2O3S/c1-14(2)13-23-15-7-9-16(10-8-15)24(21,22)20-12-11-19-17-5-3-4-6-18(17)20/h3-10,14,19H,11-13H2,1-2H3. The predicted octanol–water partition coefficient (Wildman–Crippen LogP) is 3.34. The van der Waals surface area contributed by atoms with E-state index in [-0.39, 0.29) is 4.90 Å². The van der Waals surface area contributed by atoms with E-state index < -0.39 is 10.0 Å². The smallest absolute Gasteiger partial charge is 0.264 e. The van der Waals surface area contributed by atoms with Crippen molar-refractivity contribution in [2.45, 2.75) is 18.7 Å². The lowest BCUT2D eigenvalue weighted by molar-refractivity contribution is 0.271. The Labute approximate surface area is 143 Å². The number of hydrogen-bond acceptors (Lipinski definition) is 4. The van der Waals surface area contributed by atoms with Gasteiger partial charge in [-0.3, -0.25) is 4.31 Å². The Kier molecular flexibility index (Phi) is 4.66. The van der Waals surface area contributed by atoms with E-state index in [0.29, 0.717) is 37.1 Å². The molecular formula is C18H22N2O3S. The topological polar surface area (TPSA) is 58.6 Å². The van der Waals surface area contributed by atoms with Crippen LogP contribution in [0.1, 0.15) is 13.8 Å². The molecule has 0 fully saturated rings. The molecule has 6 heteroatoms. The van der Waals surface area contributed by atoms with Crippen molar-refractivity contribution in [3.8, 4) is 5.75 Å². The molecule has 2 aromatic carbocycles. The zero-order valence-electron chi connectivity index (χ0n) is 13.9. The number of benzene rings is 2. The molecule has 2 aromatic rings. The van der Waals surface area contributed by atoms with E-state index in [9.17, 15) is 8.42 Å². The highest BCUT2D eigenvalue weighted by molar-refractivity contribution is 7.92. The Morgan fingerprint density at radius 3 is 2.54 bits per heavy atom. The molecule has 0 spiro atoms. The third-order valence-electron chi connectivity index (χ3n) is 3.80. The van der Waals surface area contributed by atoms with Gasteiger partial charge in [-0.05, 0) is 42.3 Å². The molecule has 1 heterocycles. The summed E-state index contributed by atoms with van der Waals surface area (Å²) in [5, 5.41) is 3.23. The Morgan fingerprint density at radius 2 is 1.83 bits per heavy atom. The molecule has 0 aliphatic carbocycles. The second kappa shape index (κ2) is 6.73. The third kappa shape index (κ3) is 3.33. The number of ether oxygens (including phenoxy) is 1. The van der Waals surface area contributed by atoms with Crippen LogP contribution in [0.2, 0.25) is 0 Å². The van der Waals surface area contributed by atoms with Crippen LogP contribution < -0.4 is 14.4 Å². The number of fused-ring (bicyclic) bond motifs is 1. The van der Waals surface area contributed by atoms with Gasteiger partial charge in [-0.2, -0.15) is 0 Å². The number of anilines is 2. The molecule has 0 saturated carbocycles. The molecule has 0 atom stereocenters. The Bertz CT molecular complexity index is 801. The molecule has 0 amide bonds. The van der Waals surface area contributed by atoms with Crippen LogP contribution in [0.3, 0.4) is 0 Å². The molecular weight excluding hydrogens is 324 g/mol. The fraction of sp³-hybridized carbons (Fsp3) is 0.333. The van der Waals surface area contributed by atoms with Gasteiger partial charge in [0.2, 0.25) is 0 Å². The lowest BCUT2D eigenvalue weighted by Gasteiger charge is -2.31. The maximum Gasteiger partial charge on any atom is 0.264 e. The number of rotatable bonds is 5. The molecule has 3 rings (SSSR count). The van der Waals surface area contributed by atoms with Crippen molar-refractivity contribution >= 4 is 21.4 Å². The van der Waals surface area contributed by atoms with Crippen molar-refractivity contribution in [1.29, 1.82) is 0 Å². The molecule has 1 aliphatic heterocycles. The van der Waals surface area contributed by atoms with Gasteiger partial charge in [0.15, 0.2) is 0 Å². The molecule has 5 nitrogen and oxygen atoms in total. The normalized spacial score (nSPS) is 14.2. The van der Waals surface area contributed by atoms with E-state index in [1.54, 1.807) is 24.3 Å². The average molecular weight is 346 g/mol. The molecule has 0 saturated heterocycles. The van der Waals surface area contributed by atoms with Gasteiger partial charge in [-0.25, -0.2) is 8.42 Å². The Morgan fingerprint density at radius 1 is 1.12 bits per heavy atom. The van der Waals surface area contributed by atoms with Crippen LogP contribution in [-0.2, 0) is 10.0 Å². The Balaban J connectivity index is 1.86. The number of nitrogens with one attached hydrogen (secondary N) is 1. The first-order chi connectivity index (χ1) is 11.5. The van der Waals surface area contributed by atoms with Gasteiger partial charge in [0, 0.05) is 6.54 Å². The van der Waals surface area contributed by atoms with Crippen molar-refractivity contribution in [2.75, 3.05) is 29.3 Å². The zero-order chi connectivity index (χ0) is 17.2. The number of nitrogens with zero attached hydrogens (tertiary/aromatic N) is 1. The van der Waals surface area contributed by atoms with Crippen LogP contribution in [0.25, 0.3) is 0 Å². The van der Waals surface area contributed by atoms with Crippen LogP contribution in [0.5, 0.6) is 5.75 Å². The van der Waals surface area contributed by atoms with Crippen molar-refractivity contribution in [1.82, 2.24) is 0 Å². The highest BCUT2D eigenvalue weighted by Gasteiger charge is 2.28. The summed E-state index contributed by atoms with van der Waals surface area (Å²) in [4.78, 5) is 0.274. The van der Waals surface area contributed by atoms with Crippen molar-refractivity contribution in [2.24, 2.45) is 5.92 Å². The van der Waals surface area contributed by atoms with Gasteiger partial charge < -0.3 is 10.1 Å². The summed E-state index contributed by atoms with van der Waals surface area (Å²) >= 11 is 0. The van der Waals surface area contributed by atoms with Gasteiger partial charge in [-0.15, -0.1) is 0 Å². The number of para-hydroxylation sites is 2. The third-order valence-corrected chi connectivity index (χ3v) is 5.63.